The Balaban J connectivity index is 2.60. The molecule has 0 aromatic heterocycles. The van der Waals surface area contributed by atoms with E-state index in [0.29, 0.717) is 13.0 Å². The molecule has 1 aliphatic carbocycles. The zero-order valence-electron chi connectivity index (χ0n) is 11.4. The van der Waals surface area contributed by atoms with Gasteiger partial charge in [0.25, 0.3) is 0 Å². The molecule has 100 valence electrons. The topological polar surface area (TPSA) is 49.8 Å². The molecule has 0 aromatic carbocycles. The van der Waals surface area contributed by atoms with E-state index < -0.39 is 5.60 Å². The highest BCUT2D eigenvalue weighted by atomic mass is 16.6. The van der Waals surface area contributed by atoms with Gasteiger partial charge < -0.3 is 14.7 Å². The van der Waals surface area contributed by atoms with Crippen LogP contribution in [0, 0.1) is 0 Å². The van der Waals surface area contributed by atoms with E-state index in [1.165, 1.54) is 0 Å². The van der Waals surface area contributed by atoms with Gasteiger partial charge in [-0.3, -0.25) is 0 Å². The molecule has 1 fully saturated rings. The van der Waals surface area contributed by atoms with Crippen LogP contribution in [0.5, 0.6) is 0 Å². The molecule has 0 saturated heterocycles. The highest BCUT2D eigenvalue weighted by molar-refractivity contribution is 5.68. The first-order chi connectivity index (χ1) is 7.83. The lowest BCUT2D eigenvalue weighted by Crippen LogP contribution is -2.46. The van der Waals surface area contributed by atoms with Gasteiger partial charge in [0.05, 0.1) is 6.10 Å². The van der Waals surface area contributed by atoms with Crippen LogP contribution in [0.4, 0.5) is 4.79 Å². The van der Waals surface area contributed by atoms with Crippen molar-refractivity contribution < 1.29 is 14.6 Å². The molecule has 0 heterocycles. The summed E-state index contributed by atoms with van der Waals surface area (Å²) in [5.41, 5.74) is -0.461. The van der Waals surface area contributed by atoms with Crippen molar-refractivity contribution in [2.24, 2.45) is 0 Å². The number of carbonyl (C=O) groups is 1. The van der Waals surface area contributed by atoms with Gasteiger partial charge in [0.2, 0.25) is 0 Å². The summed E-state index contributed by atoms with van der Waals surface area (Å²) in [4.78, 5) is 13.8. The third-order valence-corrected chi connectivity index (χ3v) is 3.03. The standard InChI is InChI=1S/C13H25NO3/c1-5-14(12(16)17-13(2,3)4)10-7-6-8-11(15)9-10/h10-11,15H,5-9H2,1-4H3. The van der Waals surface area contributed by atoms with E-state index in [4.69, 9.17) is 4.74 Å². The first-order valence-corrected chi connectivity index (χ1v) is 6.51. The van der Waals surface area contributed by atoms with Crippen molar-refractivity contribution in [3.63, 3.8) is 0 Å². The van der Waals surface area contributed by atoms with Crippen LogP contribution < -0.4 is 0 Å². The number of ether oxygens (including phenoxy) is 1. The number of rotatable bonds is 2. The number of amides is 1. The van der Waals surface area contributed by atoms with Crippen molar-refractivity contribution in [3.05, 3.63) is 0 Å². The van der Waals surface area contributed by atoms with Crippen LogP contribution in [0.25, 0.3) is 0 Å². The summed E-state index contributed by atoms with van der Waals surface area (Å²) in [7, 11) is 0. The van der Waals surface area contributed by atoms with Gasteiger partial charge in [0.1, 0.15) is 5.60 Å². The summed E-state index contributed by atoms with van der Waals surface area (Å²) >= 11 is 0. The molecule has 17 heavy (non-hydrogen) atoms. The first kappa shape index (κ1) is 14.3. The van der Waals surface area contributed by atoms with Gasteiger partial charge in [-0.1, -0.05) is 0 Å². The smallest absolute Gasteiger partial charge is 0.410 e. The molecule has 0 radical (unpaired) electrons. The molecule has 1 aliphatic rings. The molecule has 0 spiro atoms. The van der Waals surface area contributed by atoms with Gasteiger partial charge >= 0.3 is 6.09 Å². The Morgan fingerprint density at radius 1 is 1.41 bits per heavy atom. The number of carbonyl (C=O) groups excluding carboxylic acids is 1. The lowest BCUT2D eigenvalue weighted by Gasteiger charge is -2.36. The predicted octanol–water partition coefficient (Wildman–Crippen LogP) is 2.55. The molecular weight excluding hydrogens is 218 g/mol. The van der Waals surface area contributed by atoms with E-state index in [1.807, 2.05) is 27.7 Å². The summed E-state index contributed by atoms with van der Waals surface area (Å²) in [6.45, 7) is 8.19. The maximum atomic E-state index is 12.0. The van der Waals surface area contributed by atoms with Crippen LogP contribution in [0.3, 0.4) is 0 Å². The van der Waals surface area contributed by atoms with Gasteiger partial charge in [-0.05, 0) is 53.4 Å². The monoisotopic (exact) mass is 243 g/mol. The van der Waals surface area contributed by atoms with Crippen LogP contribution in [-0.4, -0.2) is 40.4 Å². The van der Waals surface area contributed by atoms with E-state index in [0.717, 1.165) is 19.3 Å². The normalized spacial score (nSPS) is 25.5. The maximum absolute atomic E-state index is 12.0. The van der Waals surface area contributed by atoms with E-state index in [9.17, 15) is 9.90 Å². The third-order valence-electron chi connectivity index (χ3n) is 3.03. The summed E-state index contributed by atoms with van der Waals surface area (Å²) in [6.07, 6.45) is 2.93. The number of aliphatic hydroxyl groups excluding tert-OH is 1. The van der Waals surface area contributed by atoms with Crippen molar-refractivity contribution in [1.29, 1.82) is 0 Å². The molecule has 4 heteroatoms. The number of hydrogen-bond acceptors (Lipinski definition) is 3. The fourth-order valence-electron chi connectivity index (χ4n) is 2.28. The van der Waals surface area contributed by atoms with Gasteiger partial charge in [-0.15, -0.1) is 0 Å². The average molecular weight is 243 g/mol. The molecule has 1 rings (SSSR count). The molecular formula is C13H25NO3. The fourth-order valence-corrected chi connectivity index (χ4v) is 2.28. The second-order valence-corrected chi connectivity index (χ2v) is 5.74. The van der Waals surface area contributed by atoms with Crippen LogP contribution in [0.15, 0.2) is 0 Å². The lowest BCUT2D eigenvalue weighted by molar-refractivity contribution is 0.00359. The summed E-state index contributed by atoms with van der Waals surface area (Å²) in [5.74, 6) is 0. The number of aliphatic hydroxyl groups is 1. The van der Waals surface area contributed by atoms with Gasteiger partial charge in [0.15, 0.2) is 0 Å². The van der Waals surface area contributed by atoms with Gasteiger partial charge in [-0.25, -0.2) is 4.79 Å². The Bertz CT molecular complexity index is 260. The molecule has 2 unspecified atom stereocenters. The average Bonchev–Trinajstić information content (AvgIpc) is 2.15. The van der Waals surface area contributed by atoms with Gasteiger partial charge in [-0.2, -0.15) is 0 Å². The van der Waals surface area contributed by atoms with Crippen LogP contribution in [0.2, 0.25) is 0 Å². The molecule has 4 nitrogen and oxygen atoms in total. The predicted molar refractivity (Wildman–Crippen MR) is 66.9 cm³/mol. The number of hydrogen-bond donors (Lipinski definition) is 1. The van der Waals surface area contributed by atoms with Crippen molar-refractivity contribution in [2.75, 3.05) is 6.54 Å². The fraction of sp³-hybridized carbons (Fsp3) is 0.923. The van der Waals surface area contributed by atoms with Crippen LogP contribution in [0.1, 0.15) is 53.4 Å². The van der Waals surface area contributed by atoms with Crippen molar-refractivity contribution in [2.45, 2.75) is 71.1 Å². The SMILES string of the molecule is CCN(C(=O)OC(C)(C)C)C1CCCC(O)C1. The van der Waals surface area contributed by atoms with E-state index in [2.05, 4.69) is 0 Å². The van der Waals surface area contributed by atoms with E-state index >= 15 is 0 Å². The molecule has 1 amide bonds. The quantitative estimate of drug-likeness (QED) is 0.811. The minimum atomic E-state index is -0.461. The Hall–Kier alpha value is -0.770. The Morgan fingerprint density at radius 3 is 2.53 bits per heavy atom. The Labute approximate surface area is 104 Å². The summed E-state index contributed by atoms with van der Waals surface area (Å²) in [6, 6.07) is 0.124. The van der Waals surface area contributed by atoms with Crippen LogP contribution >= 0.6 is 0 Å². The highest BCUT2D eigenvalue weighted by Gasteiger charge is 2.30. The zero-order valence-corrected chi connectivity index (χ0v) is 11.4. The largest absolute Gasteiger partial charge is 0.444 e. The summed E-state index contributed by atoms with van der Waals surface area (Å²) < 4.78 is 5.38. The van der Waals surface area contributed by atoms with Crippen molar-refractivity contribution in [3.8, 4) is 0 Å². The minimum Gasteiger partial charge on any atom is -0.444 e. The Morgan fingerprint density at radius 2 is 2.06 bits per heavy atom. The second kappa shape index (κ2) is 5.71. The molecule has 2 atom stereocenters. The minimum absolute atomic E-state index is 0.124. The second-order valence-electron chi connectivity index (χ2n) is 5.74. The number of nitrogens with zero attached hydrogens (tertiary/aromatic N) is 1. The summed E-state index contributed by atoms with van der Waals surface area (Å²) in [5, 5.41) is 9.66. The van der Waals surface area contributed by atoms with Crippen molar-refractivity contribution >= 4 is 6.09 Å². The molecule has 0 aromatic rings. The first-order valence-electron chi connectivity index (χ1n) is 6.51. The van der Waals surface area contributed by atoms with Crippen molar-refractivity contribution in [1.82, 2.24) is 4.90 Å². The molecule has 1 N–H and O–H groups in total. The maximum Gasteiger partial charge on any atom is 0.410 e. The molecule has 0 aliphatic heterocycles. The third kappa shape index (κ3) is 4.54. The molecule has 1 saturated carbocycles. The zero-order chi connectivity index (χ0) is 13.1. The van der Waals surface area contributed by atoms with Gasteiger partial charge in [0, 0.05) is 12.6 Å². The highest BCUT2D eigenvalue weighted by Crippen LogP contribution is 2.24. The molecule has 0 bridgehead atoms. The Kier molecular flexibility index (Phi) is 4.80. The van der Waals surface area contributed by atoms with E-state index in [1.54, 1.807) is 4.90 Å². The lowest BCUT2D eigenvalue weighted by atomic mass is 9.92. The van der Waals surface area contributed by atoms with E-state index in [-0.39, 0.29) is 18.2 Å². The van der Waals surface area contributed by atoms with Crippen LogP contribution in [-0.2, 0) is 4.74 Å².